The van der Waals surface area contributed by atoms with Crippen molar-refractivity contribution in [2.45, 2.75) is 26.4 Å². The first-order valence-corrected chi connectivity index (χ1v) is 9.14. The van der Waals surface area contributed by atoms with E-state index in [1.807, 2.05) is 0 Å². The van der Waals surface area contributed by atoms with Crippen LogP contribution in [0.25, 0.3) is 22.2 Å². The summed E-state index contributed by atoms with van der Waals surface area (Å²) in [6.45, 7) is 5.72. The molecule has 0 saturated carbocycles. The van der Waals surface area contributed by atoms with Crippen LogP contribution in [0.5, 0.6) is 0 Å². The molecule has 29 heavy (non-hydrogen) atoms. The summed E-state index contributed by atoms with van der Waals surface area (Å²) in [5.74, 6) is -0.348. The number of carbonyl (C=O) groups is 2. The smallest absolute Gasteiger partial charge is 0.407 e. The zero-order valence-corrected chi connectivity index (χ0v) is 16.5. The number of amides is 2. The lowest BCUT2D eigenvalue weighted by Crippen LogP contribution is -2.39. The maximum atomic E-state index is 13.2. The molecule has 0 fully saturated rings. The van der Waals surface area contributed by atoms with Gasteiger partial charge in [-0.3, -0.25) is 0 Å². The monoisotopic (exact) mass is 397 g/mol. The largest absolute Gasteiger partial charge is 0.444 e. The molecule has 3 rings (SSSR count). The van der Waals surface area contributed by atoms with Gasteiger partial charge in [-0.15, -0.1) is 0 Å². The Kier molecular flexibility index (Phi) is 5.81. The van der Waals surface area contributed by atoms with Crippen molar-refractivity contribution in [3.8, 4) is 11.3 Å². The van der Waals surface area contributed by atoms with Crippen molar-refractivity contribution in [1.29, 1.82) is 0 Å². The van der Waals surface area contributed by atoms with Gasteiger partial charge in [0.25, 0.3) is 0 Å². The normalized spacial score (nSPS) is 11.3. The number of benzene rings is 2. The lowest BCUT2D eigenvalue weighted by Gasteiger charge is -2.19. The first-order valence-electron chi connectivity index (χ1n) is 9.14. The molecule has 0 aliphatic rings. The minimum absolute atomic E-state index is 0.199. The highest BCUT2D eigenvalue weighted by atomic mass is 19.1. The maximum absolute atomic E-state index is 13.2. The van der Waals surface area contributed by atoms with E-state index in [-0.39, 0.29) is 18.9 Å². The van der Waals surface area contributed by atoms with Crippen molar-refractivity contribution < 1.29 is 18.7 Å². The molecule has 7 nitrogen and oxygen atoms in total. The molecule has 151 valence electrons. The second-order valence-electron chi connectivity index (χ2n) is 7.37. The van der Waals surface area contributed by atoms with Gasteiger partial charge in [-0.1, -0.05) is 6.07 Å². The standard InChI is InChI=1S/C21H22FN4O3/c1-21(2,3)29-20(28)24-13-12-23-19(27)26-17-7-5-4-6-16(17)18(25-26)14-8-10-15(22)11-9-14/h5-11H,12-13H2,1-3H3,(H,23,27)(H,24,28). The van der Waals surface area contributed by atoms with Crippen LogP contribution in [0.15, 0.2) is 42.5 Å². The summed E-state index contributed by atoms with van der Waals surface area (Å²) in [4.78, 5) is 24.2. The summed E-state index contributed by atoms with van der Waals surface area (Å²) in [7, 11) is 0. The van der Waals surface area contributed by atoms with E-state index < -0.39 is 17.7 Å². The third-order valence-corrected chi connectivity index (χ3v) is 3.90. The van der Waals surface area contributed by atoms with E-state index in [1.54, 1.807) is 51.1 Å². The van der Waals surface area contributed by atoms with E-state index in [0.717, 1.165) is 5.39 Å². The highest BCUT2D eigenvalue weighted by Gasteiger charge is 2.17. The summed E-state index contributed by atoms with van der Waals surface area (Å²) in [5, 5.41) is 10.4. The van der Waals surface area contributed by atoms with Crippen LogP contribution in [-0.4, -0.2) is 40.6 Å². The fraction of sp³-hybridized carbons (Fsp3) is 0.286. The van der Waals surface area contributed by atoms with Gasteiger partial charge >= 0.3 is 12.1 Å². The van der Waals surface area contributed by atoms with Gasteiger partial charge in [0.05, 0.1) is 5.52 Å². The van der Waals surface area contributed by atoms with Gasteiger partial charge in [0.1, 0.15) is 17.1 Å². The molecular weight excluding hydrogens is 375 g/mol. The summed E-state index contributed by atoms with van der Waals surface area (Å²) in [6, 6.07) is 13.6. The van der Waals surface area contributed by atoms with Crippen LogP contribution < -0.4 is 10.6 Å². The number of rotatable bonds is 4. The van der Waals surface area contributed by atoms with Gasteiger partial charge in [-0.25, -0.2) is 14.0 Å². The Morgan fingerprint density at radius 3 is 2.52 bits per heavy atom. The molecule has 0 atom stereocenters. The van der Waals surface area contributed by atoms with Gasteiger partial charge in [-0.05, 0) is 63.2 Å². The van der Waals surface area contributed by atoms with Crippen LogP contribution in [0.1, 0.15) is 20.8 Å². The molecule has 1 aromatic heterocycles. The molecule has 0 aliphatic heterocycles. The molecule has 0 saturated heterocycles. The molecule has 1 heterocycles. The van der Waals surface area contributed by atoms with Crippen LogP contribution in [-0.2, 0) is 4.74 Å². The fourth-order valence-corrected chi connectivity index (χ4v) is 2.70. The van der Waals surface area contributed by atoms with E-state index in [2.05, 4.69) is 21.8 Å². The summed E-state index contributed by atoms with van der Waals surface area (Å²) >= 11 is 0. The summed E-state index contributed by atoms with van der Waals surface area (Å²) < 4.78 is 19.6. The van der Waals surface area contributed by atoms with E-state index >= 15 is 0 Å². The number of ether oxygens (including phenoxy) is 1. The first kappa shape index (κ1) is 20.3. The number of aromatic nitrogens is 2. The Hall–Kier alpha value is -3.42. The highest BCUT2D eigenvalue weighted by Crippen LogP contribution is 2.27. The van der Waals surface area contributed by atoms with Crippen LogP contribution in [0.2, 0.25) is 0 Å². The number of fused-ring (bicyclic) bond motifs is 1. The number of alkyl carbamates (subject to hydrolysis) is 1. The van der Waals surface area contributed by atoms with Crippen LogP contribution in [0, 0.1) is 11.9 Å². The quantitative estimate of drug-likeness (QED) is 0.657. The zero-order valence-electron chi connectivity index (χ0n) is 16.5. The number of carbonyl (C=O) groups excluding carboxylic acids is 2. The number of hydrogen-bond donors (Lipinski definition) is 2. The minimum Gasteiger partial charge on any atom is -0.444 e. The molecule has 8 heteroatoms. The Morgan fingerprint density at radius 2 is 1.83 bits per heavy atom. The second-order valence-corrected chi connectivity index (χ2v) is 7.37. The molecular formula is C21H22FN4O3. The maximum Gasteiger partial charge on any atom is 0.407 e. The molecule has 3 aromatic rings. The van der Waals surface area contributed by atoms with E-state index in [0.29, 0.717) is 16.8 Å². The molecule has 2 N–H and O–H groups in total. The number of nitrogens with zero attached hydrogens (tertiary/aromatic N) is 2. The van der Waals surface area contributed by atoms with Crippen molar-refractivity contribution in [2.75, 3.05) is 13.1 Å². The molecule has 2 amide bonds. The summed E-state index contributed by atoms with van der Waals surface area (Å²) in [5.41, 5.74) is 1.25. The van der Waals surface area contributed by atoms with Gasteiger partial charge in [0, 0.05) is 24.0 Å². The van der Waals surface area contributed by atoms with E-state index in [9.17, 15) is 14.0 Å². The SMILES string of the molecule is CC(C)(C)OC(=O)NCCNC(=O)n1nc(-c2ccc(F)cc2)c2c[c]ccc21. The lowest BCUT2D eigenvalue weighted by molar-refractivity contribution is 0.0528. The first-order chi connectivity index (χ1) is 13.7. The molecule has 0 spiro atoms. The van der Waals surface area contributed by atoms with Crippen LogP contribution in [0.4, 0.5) is 14.0 Å². The van der Waals surface area contributed by atoms with Crippen LogP contribution in [0.3, 0.4) is 0 Å². The predicted octanol–water partition coefficient (Wildman–Crippen LogP) is 3.72. The van der Waals surface area contributed by atoms with Crippen molar-refractivity contribution in [3.05, 3.63) is 54.3 Å². The third-order valence-electron chi connectivity index (χ3n) is 3.90. The Balaban J connectivity index is 1.70. The van der Waals surface area contributed by atoms with Crippen molar-refractivity contribution >= 4 is 23.0 Å². The second kappa shape index (κ2) is 8.30. The molecule has 1 radical (unpaired) electrons. The van der Waals surface area contributed by atoms with Gasteiger partial charge in [0.15, 0.2) is 0 Å². The van der Waals surface area contributed by atoms with Crippen molar-refractivity contribution in [1.82, 2.24) is 20.4 Å². The number of halogens is 1. The third kappa shape index (κ3) is 5.10. The van der Waals surface area contributed by atoms with Gasteiger partial charge < -0.3 is 15.4 Å². The van der Waals surface area contributed by atoms with E-state index in [4.69, 9.17) is 4.74 Å². The highest BCUT2D eigenvalue weighted by molar-refractivity contribution is 5.98. The average Bonchev–Trinajstić information content (AvgIpc) is 3.04. The molecule has 0 bridgehead atoms. The molecule has 2 aromatic carbocycles. The average molecular weight is 397 g/mol. The topological polar surface area (TPSA) is 85.3 Å². The zero-order chi connectivity index (χ0) is 21.0. The van der Waals surface area contributed by atoms with Crippen LogP contribution >= 0.6 is 0 Å². The number of hydrogen-bond acceptors (Lipinski definition) is 4. The van der Waals surface area contributed by atoms with Crippen molar-refractivity contribution in [3.63, 3.8) is 0 Å². The van der Waals surface area contributed by atoms with Crippen molar-refractivity contribution in [2.24, 2.45) is 0 Å². The minimum atomic E-state index is -0.588. The number of nitrogens with one attached hydrogen (secondary N) is 2. The predicted molar refractivity (Wildman–Crippen MR) is 107 cm³/mol. The summed E-state index contributed by atoms with van der Waals surface area (Å²) in [6.07, 6.45) is -0.551. The van der Waals surface area contributed by atoms with Gasteiger partial charge in [0.2, 0.25) is 0 Å². The fourth-order valence-electron chi connectivity index (χ4n) is 2.70. The Labute approximate surface area is 167 Å². The molecule has 0 aliphatic carbocycles. The lowest BCUT2D eigenvalue weighted by atomic mass is 10.1. The van der Waals surface area contributed by atoms with E-state index in [1.165, 1.54) is 16.8 Å². The molecule has 0 unspecified atom stereocenters. The van der Waals surface area contributed by atoms with Gasteiger partial charge in [-0.2, -0.15) is 9.78 Å². The Bertz CT molecular complexity index is 1020. The Morgan fingerprint density at radius 1 is 1.14 bits per heavy atom.